The highest BCUT2D eigenvalue weighted by atomic mass is 28.3. The monoisotopic (exact) mass is 170 g/mol. The molecule has 0 rings (SSSR count). The number of rotatable bonds is 4. The number of allylic oxidation sites excluding steroid dienone is 1. The molecule has 0 aliphatic rings. The molecule has 0 saturated heterocycles. The van der Waals surface area contributed by atoms with Crippen LogP contribution in [0.2, 0.25) is 24.7 Å². The van der Waals surface area contributed by atoms with Gasteiger partial charge in [0.1, 0.15) is 0 Å². The molecule has 0 spiro atoms. The highest BCUT2D eigenvalue weighted by Gasteiger charge is 2.26. The van der Waals surface area contributed by atoms with Crippen molar-refractivity contribution >= 4 is 8.07 Å². The van der Waals surface area contributed by atoms with Gasteiger partial charge in [-0.2, -0.15) is 0 Å². The minimum Gasteiger partial charge on any atom is -0.100 e. The van der Waals surface area contributed by atoms with E-state index in [1.807, 2.05) is 0 Å². The van der Waals surface area contributed by atoms with Crippen LogP contribution in [0, 0.1) is 0 Å². The van der Waals surface area contributed by atoms with Crippen LogP contribution in [0.1, 0.15) is 27.2 Å². The van der Waals surface area contributed by atoms with Gasteiger partial charge in [-0.05, 0) is 18.5 Å². The standard InChI is InChI=1S/C10H22Si/c1-7-10(4)11(5,6)8-9(2)3/h10H,2,7-8H2,1,3-6H3. The van der Waals surface area contributed by atoms with Crippen LogP contribution < -0.4 is 0 Å². The van der Waals surface area contributed by atoms with Crippen LogP contribution in [0.25, 0.3) is 0 Å². The smallest absolute Gasteiger partial charge is 0.0542 e. The maximum atomic E-state index is 3.99. The van der Waals surface area contributed by atoms with E-state index in [-0.39, 0.29) is 0 Å². The van der Waals surface area contributed by atoms with E-state index in [1.54, 1.807) is 0 Å². The largest absolute Gasteiger partial charge is 0.100 e. The fourth-order valence-corrected chi connectivity index (χ4v) is 4.51. The molecule has 0 aliphatic heterocycles. The summed E-state index contributed by atoms with van der Waals surface area (Å²) in [5, 5.41) is 0. The van der Waals surface area contributed by atoms with E-state index in [0.717, 1.165) is 5.54 Å². The summed E-state index contributed by atoms with van der Waals surface area (Å²) >= 11 is 0. The summed E-state index contributed by atoms with van der Waals surface area (Å²) in [5.74, 6) is 0. The average Bonchev–Trinajstić information content (AvgIpc) is 1.83. The normalized spacial score (nSPS) is 14.6. The van der Waals surface area contributed by atoms with E-state index in [4.69, 9.17) is 0 Å². The average molecular weight is 170 g/mol. The van der Waals surface area contributed by atoms with Gasteiger partial charge in [0.15, 0.2) is 0 Å². The van der Waals surface area contributed by atoms with Gasteiger partial charge in [0.05, 0.1) is 8.07 Å². The zero-order chi connectivity index (χ0) is 9.07. The second kappa shape index (κ2) is 4.10. The molecule has 0 N–H and O–H groups in total. The molecule has 11 heavy (non-hydrogen) atoms. The summed E-state index contributed by atoms with van der Waals surface area (Å²) in [4.78, 5) is 0. The second-order valence-corrected chi connectivity index (χ2v) is 9.75. The van der Waals surface area contributed by atoms with Gasteiger partial charge in [-0.15, -0.1) is 6.58 Å². The molecular weight excluding hydrogens is 148 g/mol. The van der Waals surface area contributed by atoms with Crippen molar-refractivity contribution in [2.45, 2.75) is 51.9 Å². The SMILES string of the molecule is C=C(C)C[Si](C)(C)C(C)CC. The third-order valence-electron chi connectivity index (χ3n) is 2.70. The first-order valence-corrected chi connectivity index (χ1v) is 7.83. The molecule has 1 unspecified atom stereocenters. The lowest BCUT2D eigenvalue weighted by atomic mass is 10.4. The van der Waals surface area contributed by atoms with Crippen molar-refractivity contribution in [2.75, 3.05) is 0 Å². The Morgan fingerprint density at radius 3 is 2.18 bits per heavy atom. The van der Waals surface area contributed by atoms with Gasteiger partial charge in [-0.1, -0.05) is 38.9 Å². The molecule has 0 nitrogen and oxygen atoms in total. The van der Waals surface area contributed by atoms with Gasteiger partial charge in [0.2, 0.25) is 0 Å². The second-order valence-electron chi connectivity index (χ2n) is 4.43. The summed E-state index contributed by atoms with van der Waals surface area (Å²) in [5.41, 5.74) is 2.29. The van der Waals surface area contributed by atoms with Crippen molar-refractivity contribution < 1.29 is 0 Å². The van der Waals surface area contributed by atoms with Crippen molar-refractivity contribution in [3.8, 4) is 0 Å². The Kier molecular flexibility index (Phi) is 4.08. The molecule has 1 heteroatoms. The van der Waals surface area contributed by atoms with Crippen LogP contribution in [0.3, 0.4) is 0 Å². The molecule has 0 saturated carbocycles. The van der Waals surface area contributed by atoms with Crippen molar-refractivity contribution in [3.63, 3.8) is 0 Å². The molecule has 0 aromatic carbocycles. The van der Waals surface area contributed by atoms with E-state index in [2.05, 4.69) is 40.4 Å². The Morgan fingerprint density at radius 2 is 1.91 bits per heavy atom. The summed E-state index contributed by atoms with van der Waals surface area (Å²) in [6.07, 6.45) is 1.33. The Bertz CT molecular complexity index is 136. The van der Waals surface area contributed by atoms with Gasteiger partial charge in [-0.25, -0.2) is 0 Å². The Labute approximate surface area is 72.7 Å². The summed E-state index contributed by atoms with van der Waals surface area (Å²) < 4.78 is 0. The van der Waals surface area contributed by atoms with E-state index in [9.17, 15) is 0 Å². The topological polar surface area (TPSA) is 0 Å². The lowest BCUT2D eigenvalue weighted by Gasteiger charge is -2.29. The molecule has 0 radical (unpaired) electrons. The fourth-order valence-electron chi connectivity index (χ4n) is 1.50. The van der Waals surface area contributed by atoms with E-state index >= 15 is 0 Å². The van der Waals surface area contributed by atoms with Gasteiger partial charge < -0.3 is 0 Å². The maximum Gasteiger partial charge on any atom is 0.0542 e. The molecule has 0 aromatic heterocycles. The molecule has 66 valence electrons. The van der Waals surface area contributed by atoms with Crippen LogP contribution >= 0.6 is 0 Å². The summed E-state index contributed by atoms with van der Waals surface area (Å²) in [7, 11) is -0.969. The minimum atomic E-state index is -0.969. The Morgan fingerprint density at radius 1 is 1.45 bits per heavy atom. The number of hydrogen-bond acceptors (Lipinski definition) is 0. The molecule has 1 atom stereocenters. The predicted molar refractivity (Wildman–Crippen MR) is 56.8 cm³/mol. The van der Waals surface area contributed by atoms with Gasteiger partial charge in [0.25, 0.3) is 0 Å². The third kappa shape index (κ3) is 3.75. The summed E-state index contributed by atoms with van der Waals surface area (Å²) in [6.45, 7) is 15.8. The van der Waals surface area contributed by atoms with Crippen molar-refractivity contribution in [1.82, 2.24) is 0 Å². The first-order valence-electron chi connectivity index (χ1n) is 4.54. The van der Waals surface area contributed by atoms with Gasteiger partial charge >= 0.3 is 0 Å². The zero-order valence-corrected chi connectivity index (χ0v) is 9.70. The van der Waals surface area contributed by atoms with E-state index < -0.39 is 8.07 Å². The van der Waals surface area contributed by atoms with Gasteiger partial charge in [0, 0.05) is 0 Å². The maximum absolute atomic E-state index is 3.99. The molecule has 0 aromatic rings. The van der Waals surface area contributed by atoms with Crippen LogP contribution in [-0.4, -0.2) is 8.07 Å². The highest BCUT2D eigenvalue weighted by Crippen LogP contribution is 2.30. The molecule has 0 fully saturated rings. The molecule has 0 aliphatic carbocycles. The van der Waals surface area contributed by atoms with Gasteiger partial charge in [-0.3, -0.25) is 0 Å². The first-order chi connectivity index (χ1) is 4.90. The molecular formula is C10H22Si. The molecule has 0 heterocycles. The lowest BCUT2D eigenvalue weighted by Crippen LogP contribution is -2.30. The lowest BCUT2D eigenvalue weighted by molar-refractivity contribution is 0.836. The third-order valence-corrected chi connectivity index (χ3v) is 7.29. The van der Waals surface area contributed by atoms with E-state index in [1.165, 1.54) is 18.0 Å². The Balaban J connectivity index is 4.08. The molecule has 0 amide bonds. The zero-order valence-electron chi connectivity index (χ0n) is 8.70. The number of hydrogen-bond donors (Lipinski definition) is 0. The quantitative estimate of drug-likeness (QED) is 0.441. The first kappa shape index (κ1) is 11.0. The molecule has 0 bridgehead atoms. The Hall–Kier alpha value is -0.0431. The van der Waals surface area contributed by atoms with Crippen LogP contribution in [0.4, 0.5) is 0 Å². The van der Waals surface area contributed by atoms with Crippen LogP contribution in [-0.2, 0) is 0 Å². The van der Waals surface area contributed by atoms with Crippen LogP contribution in [0.5, 0.6) is 0 Å². The van der Waals surface area contributed by atoms with Crippen LogP contribution in [0.15, 0.2) is 12.2 Å². The van der Waals surface area contributed by atoms with Crippen molar-refractivity contribution in [1.29, 1.82) is 0 Å². The van der Waals surface area contributed by atoms with E-state index in [0.29, 0.717) is 0 Å². The predicted octanol–water partition coefficient (Wildman–Crippen LogP) is 4.07. The highest BCUT2D eigenvalue weighted by molar-refractivity contribution is 6.79. The minimum absolute atomic E-state index is 0.930. The van der Waals surface area contributed by atoms with Crippen molar-refractivity contribution in [2.24, 2.45) is 0 Å². The fraction of sp³-hybridized carbons (Fsp3) is 0.800. The van der Waals surface area contributed by atoms with Crippen molar-refractivity contribution in [3.05, 3.63) is 12.2 Å². The summed E-state index contributed by atoms with van der Waals surface area (Å²) in [6, 6.07) is 1.29.